The predicted octanol–water partition coefficient (Wildman–Crippen LogP) is 7.96. The van der Waals surface area contributed by atoms with Crippen molar-refractivity contribution in [3.63, 3.8) is 0 Å². The molecule has 2 N–H and O–H groups in total. The van der Waals surface area contributed by atoms with E-state index in [9.17, 15) is 0 Å². The van der Waals surface area contributed by atoms with Crippen LogP contribution in [0.4, 0.5) is 0 Å². The number of rotatable bonds is 6. The maximum atomic E-state index is 7.71. The third-order valence-electron chi connectivity index (χ3n) is 5.65. The summed E-state index contributed by atoms with van der Waals surface area (Å²) in [7, 11) is 0. The van der Waals surface area contributed by atoms with Crippen molar-refractivity contribution in [2.75, 3.05) is 6.54 Å². The Morgan fingerprint density at radius 3 is 2.15 bits per heavy atom. The highest BCUT2D eigenvalue weighted by atomic mass is 14.9. The van der Waals surface area contributed by atoms with Crippen molar-refractivity contribution in [3.8, 4) is 0 Å². The minimum Gasteiger partial charge on any atom is -0.381 e. The molecule has 176 valence electrons. The minimum atomic E-state index is 0. The number of benzene rings is 3. The Morgan fingerprint density at radius 2 is 1.56 bits per heavy atom. The van der Waals surface area contributed by atoms with Gasteiger partial charge in [-0.15, -0.1) is 0 Å². The van der Waals surface area contributed by atoms with Crippen LogP contribution < -0.4 is 5.32 Å². The van der Waals surface area contributed by atoms with E-state index in [2.05, 4.69) is 117 Å². The lowest BCUT2D eigenvalue weighted by Crippen LogP contribution is -2.13. The van der Waals surface area contributed by atoms with Crippen LogP contribution in [0.1, 0.15) is 47.7 Å². The third kappa shape index (κ3) is 7.74. The highest BCUT2D eigenvalue weighted by Crippen LogP contribution is 2.19. The molecule has 0 bridgehead atoms. The Morgan fingerprint density at radius 1 is 0.912 bits per heavy atom. The molecule has 0 atom stereocenters. The SMILES string of the molecule is C.C1=CCNC(c2ccccc2)=C1.CCc1ccccc1C/C=C(\C=N)c1cc(C)cc(C)c1. The molecule has 1 heterocycles. The number of hydrogen-bond donors (Lipinski definition) is 2. The first-order valence-electron chi connectivity index (χ1n) is 11.6. The van der Waals surface area contributed by atoms with Crippen LogP contribution in [0.15, 0.2) is 97.1 Å². The summed E-state index contributed by atoms with van der Waals surface area (Å²) in [6, 6.07) is 25.4. The number of allylic oxidation sites excluding steroid dienone is 4. The summed E-state index contributed by atoms with van der Waals surface area (Å²) >= 11 is 0. The summed E-state index contributed by atoms with van der Waals surface area (Å²) < 4.78 is 0. The molecule has 1 aliphatic heterocycles. The van der Waals surface area contributed by atoms with Gasteiger partial charge in [-0.05, 0) is 60.6 Å². The van der Waals surface area contributed by atoms with E-state index < -0.39 is 0 Å². The van der Waals surface area contributed by atoms with Gasteiger partial charge in [0, 0.05) is 18.5 Å². The molecule has 34 heavy (non-hydrogen) atoms. The van der Waals surface area contributed by atoms with Gasteiger partial charge >= 0.3 is 0 Å². The summed E-state index contributed by atoms with van der Waals surface area (Å²) in [5, 5.41) is 11.0. The van der Waals surface area contributed by atoms with E-state index in [1.165, 1.54) is 39.7 Å². The standard InChI is InChI=1S/C20H23N.C11H11N.CH4/c1-4-17-7-5-6-8-18(17)9-10-19(14-21)20-12-15(2)11-16(3)13-20;1-2-6-10(7-3-1)11-8-4-5-9-12-11;/h5-8,10-14,21H,4,9H2,1-3H3;1-8,12H,9H2;1H4/b19-10+,21-14?;;. The van der Waals surface area contributed by atoms with Crippen molar-refractivity contribution in [2.24, 2.45) is 0 Å². The topological polar surface area (TPSA) is 35.9 Å². The monoisotopic (exact) mass is 450 g/mol. The van der Waals surface area contributed by atoms with E-state index in [-0.39, 0.29) is 7.43 Å². The van der Waals surface area contributed by atoms with Crippen molar-refractivity contribution in [2.45, 2.75) is 41.0 Å². The lowest BCUT2D eigenvalue weighted by Gasteiger charge is -2.11. The second kappa shape index (κ2) is 13.8. The van der Waals surface area contributed by atoms with Crippen LogP contribution in [-0.4, -0.2) is 12.8 Å². The van der Waals surface area contributed by atoms with Gasteiger partial charge in [0.25, 0.3) is 0 Å². The molecular weight excluding hydrogens is 412 g/mol. The van der Waals surface area contributed by atoms with Crippen molar-refractivity contribution in [1.29, 1.82) is 5.41 Å². The molecule has 2 heteroatoms. The fourth-order valence-electron chi connectivity index (χ4n) is 4.00. The Hall–Kier alpha value is -3.65. The molecule has 0 aromatic heterocycles. The van der Waals surface area contributed by atoms with E-state index in [0.29, 0.717) is 0 Å². The van der Waals surface area contributed by atoms with Crippen molar-refractivity contribution >= 4 is 17.5 Å². The number of aryl methyl sites for hydroxylation is 3. The van der Waals surface area contributed by atoms with E-state index in [1.54, 1.807) is 0 Å². The average Bonchev–Trinajstić information content (AvgIpc) is 2.85. The molecule has 3 aromatic rings. The normalized spacial score (nSPS) is 12.4. The third-order valence-corrected chi connectivity index (χ3v) is 5.65. The number of dihydropyridines is 1. The number of nitrogens with one attached hydrogen (secondary N) is 2. The molecule has 0 fully saturated rings. The van der Waals surface area contributed by atoms with E-state index >= 15 is 0 Å². The smallest absolute Gasteiger partial charge is 0.0416 e. The Labute approximate surface area is 206 Å². The van der Waals surface area contributed by atoms with Gasteiger partial charge in [-0.1, -0.05) is 117 Å². The summed E-state index contributed by atoms with van der Waals surface area (Å²) in [5.41, 5.74) is 9.81. The second-order valence-electron chi connectivity index (χ2n) is 8.26. The van der Waals surface area contributed by atoms with Gasteiger partial charge in [0.1, 0.15) is 0 Å². The molecule has 0 saturated carbocycles. The van der Waals surface area contributed by atoms with E-state index in [0.717, 1.165) is 30.5 Å². The molecule has 4 rings (SSSR count). The Kier molecular flexibility index (Phi) is 10.8. The van der Waals surface area contributed by atoms with Crippen molar-refractivity contribution in [3.05, 3.63) is 130 Å². The van der Waals surface area contributed by atoms with Crippen LogP contribution in [0.5, 0.6) is 0 Å². The predicted molar refractivity (Wildman–Crippen MR) is 150 cm³/mol. The first-order chi connectivity index (χ1) is 16.1. The molecule has 2 nitrogen and oxygen atoms in total. The van der Waals surface area contributed by atoms with E-state index in [4.69, 9.17) is 5.41 Å². The summed E-state index contributed by atoms with van der Waals surface area (Å²) in [6.45, 7) is 7.32. The van der Waals surface area contributed by atoms with Crippen LogP contribution >= 0.6 is 0 Å². The second-order valence-corrected chi connectivity index (χ2v) is 8.26. The largest absolute Gasteiger partial charge is 0.381 e. The zero-order valence-corrected chi connectivity index (χ0v) is 19.9. The zero-order valence-electron chi connectivity index (χ0n) is 19.9. The molecule has 0 aliphatic carbocycles. The zero-order chi connectivity index (χ0) is 23.5. The first-order valence-corrected chi connectivity index (χ1v) is 11.6. The maximum absolute atomic E-state index is 7.71. The Balaban J connectivity index is 0.000000266. The quantitative estimate of drug-likeness (QED) is 0.367. The van der Waals surface area contributed by atoms with Crippen LogP contribution in [0.25, 0.3) is 11.3 Å². The molecule has 0 unspecified atom stereocenters. The summed E-state index contributed by atoms with van der Waals surface area (Å²) in [4.78, 5) is 0. The van der Waals surface area contributed by atoms with Gasteiger partial charge in [-0.2, -0.15) is 0 Å². The average molecular weight is 451 g/mol. The Bertz CT molecular complexity index is 1130. The fourth-order valence-corrected chi connectivity index (χ4v) is 4.00. The molecule has 3 aromatic carbocycles. The van der Waals surface area contributed by atoms with Crippen LogP contribution in [0.2, 0.25) is 0 Å². The molecule has 1 aliphatic rings. The van der Waals surface area contributed by atoms with Gasteiger partial charge in [-0.3, -0.25) is 0 Å². The first kappa shape index (κ1) is 26.6. The van der Waals surface area contributed by atoms with Gasteiger partial charge < -0.3 is 10.7 Å². The summed E-state index contributed by atoms with van der Waals surface area (Å²) in [6.07, 6.45) is 11.8. The highest BCUT2D eigenvalue weighted by molar-refractivity contribution is 6.08. The maximum Gasteiger partial charge on any atom is 0.0416 e. The molecule has 0 radical (unpaired) electrons. The van der Waals surface area contributed by atoms with Gasteiger partial charge in [0.05, 0.1) is 0 Å². The van der Waals surface area contributed by atoms with Crippen LogP contribution in [0.3, 0.4) is 0 Å². The highest BCUT2D eigenvalue weighted by Gasteiger charge is 2.03. The van der Waals surface area contributed by atoms with Crippen molar-refractivity contribution in [1.82, 2.24) is 5.32 Å². The van der Waals surface area contributed by atoms with E-state index in [1.807, 2.05) is 6.07 Å². The fraction of sp³-hybridized carbons (Fsp3) is 0.219. The molecule has 0 spiro atoms. The van der Waals surface area contributed by atoms with Crippen molar-refractivity contribution < 1.29 is 0 Å². The van der Waals surface area contributed by atoms with Gasteiger partial charge in [-0.25, -0.2) is 0 Å². The molecule has 0 amide bonds. The molecule has 0 saturated heterocycles. The lowest BCUT2D eigenvalue weighted by molar-refractivity contribution is 0.996. The van der Waals surface area contributed by atoms with Crippen LogP contribution in [0, 0.1) is 19.3 Å². The van der Waals surface area contributed by atoms with Crippen LogP contribution in [-0.2, 0) is 12.8 Å². The number of hydrogen-bond acceptors (Lipinski definition) is 2. The summed E-state index contributed by atoms with van der Waals surface area (Å²) in [5.74, 6) is 0. The van der Waals surface area contributed by atoms with Gasteiger partial charge in [0.2, 0.25) is 0 Å². The minimum absolute atomic E-state index is 0. The van der Waals surface area contributed by atoms with Gasteiger partial charge in [0.15, 0.2) is 0 Å². The lowest BCUT2D eigenvalue weighted by atomic mass is 9.97. The molecular formula is C32H38N2.